The molecule has 2 unspecified atom stereocenters. The summed E-state index contributed by atoms with van der Waals surface area (Å²) in [6, 6.07) is 0. The van der Waals surface area contributed by atoms with E-state index in [4.69, 9.17) is 4.74 Å². The number of carbonyl (C=O) groups excluding carboxylic acids is 1. The maximum absolute atomic E-state index is 12.2. The van der Waals surface area contributed by atoms with E-state index in [2.05, 4.69) is 22.6 Å². The monoisotopic (exact) mass is 267 g/mol. The van der Waals surface area contributed by atoms with Gasteiger partial charge in [0.1, 0.15) is 0 Å². The molecule has 3 fully saturated rings. The maximum atomic E-state index is 12.2. The molecule has 0 aromatic carbocycles. The van der Waals surface area contributed by atoms with Gasteiger partial charge < -0.3 is 20.3 Å². The number of morpholine rings is 1. The highest BCUT2D eigenvalue weighted by molar-refractivity contribution is 5.82. The molecular formula is C14H25N3O2. The van der Waals surface area contributed by atoms with E-state index in [0.717, 1.165) is 52.0 Å². The fourth-order valence-corrected chi connectivity index (χ4v) is 3.52. The first-order chi connectivity index (χ1) is 9.20. The maximum Gasteiger partial charge on any atom is 0.223 e. The lowest BCUT2D eigenvalue weighted by molar-refractivity contribution is -0.124. The van der Waals surface area contributed by atoms with Crippen LogP contribution in [0.5, 0.6) is 0 Å². The van der Waals surface area contributed by atoms with E-state index >= 15 is 0 Å². The van der Waals surface area contributed by atoms with Crippen LogP contribution in [0.25, 0.3) is 0 Å². The first-order valence-electron chi connectivity index (χ1n) is 7.48. The van der Waals surface area contributed by atoms with Gasteiger partial charge in [-0.05, 0) is 44.8 Å². The number of rotatable bonds is 3. The molecule has 3 rings (SSSR count). The Kier molecular flexibility index (Phi) is 3.78. The highest BCUT2D eigenvalue weighted by Crippen LogP contribution is 2.58. The van der Waals surface area contributed by atoms with Crippen molar-refractivity contribution < 1.29 is 9.53 Å². The molecule has 0 aromatic rings. The minimum atomic E-state index is 0.158. The smallest absolute Gasteiger partial charge is 0.223 e. The van der Waals surface area contributed by atoms with Gasteiger partial charge in [0.25, 0.3) is 0 Å². The molecule has 2 saturated heterocycles. The molecule has 2 aliphatic heterocycles. The van der Waals surface area contributed by atoms with Crippen molar-refractivity contribution in [1.82, 2.24) is 15.5 Å². The van der Waals surface area contributed by atoms with Gasteiger partial charge in [-0.1, -0.05) is 0 Å². The van der Waals surface area contributed by atoms with E-state index < -0.39 is 0 Å². The molecule has 1 aliphatic carbocycles. The molecule has 1 amide bonds. The summed E-state index contributed by atoms with van der Waals surface area (Å²) in [4.78, 5) is 14.5. The topological polar surface area (TPSA) is 53.6 Å². The second-order valence-corrected chi connectivity index (χ2v) is 6.37. The number of hydrogen-bond acceptors (Lipinski definition) is 4. The zero-order chi connectivity index (χ0) is 13.3. The van der Waals surface area contributed by atoms with Crippen molar-refractivity contribution in [2.45, 2.75) is 25.4 Å². The molecule has 108 valence electrons. The Bertz CT molecular complexity index is 342. The second kappa shape index (κ2) is 5.38. The molecule has 1 saturated carbocycles. The van der Waals surface area contributed by atoms with Crippen LogP contribution in [0, 0.1) is 11.3 Å². The summed E-state index contributed by atoms with van der Waals surface area (Å²) < 4.78 is 5.67. The molecule has 2 heterocycles. The van der Waals surface area contributed by atoms with Crippen LogP contribution >= 0.6 is 0 Å². The van der Waals surface area contributed by atoms with E-state index in [1.165, 1.54) is 0 Å². The summed E-state index contributed by atoms with van der Waals surface area (Å²) >= 11 is 0. The Hall–Kier alpha value is -0.650. The fraction of sp³-hybridized carbons (Fsp3) is 0.929. The minimum absolute atomic E-state index is 0.158. The number of carbonyl (C=O) groups is 1. The average Bonchev–Trinajstić information content (AvgIpc) is 3.10. The molecule has 0 radical (unpaired) electrons. The Morgan fingerprint density at radius 2 is 2.26 bits per heavy atom. The van der Waals surface area contributed by atoms with Crippen LogP contribution in [0.1, 0.15) is 19.3 Å². The van der Waals surface area contributed by atoms with Crippen LogP contribution in [0.2, 0.25) is 0 Å². The van der Waals surface area contributed by atoms with Gasteiger partial charge in [0.15, 0.2) is 0 Å². The molecular weight excluding hydrogens is 242 g/mol. The normalized spacial score (nSPS) is 34.2. The zero-order valence-electron chi connectivity index (χ0n) is 11.8. The second-order valence-electron chi connectivity index (χ2n) is 6.37. The van der Waals surface area contributed by atoms with E-state index in [-0.39, 0.29) is 17.9 Å². The molecule has 1 spiro atoms. The quantitative estimate of drug-likeness (QED) is 0.745. The van der Waals surface area contributed by atoms with Crippen LogP contribution in [0.3, 0.4) is 0 Å². The van der Waals surface area contributed by atoms with E-state index in [0.29, 0.717) is 12.0 Å². The SMILES string of the molecule is CN1CCOC(CNC(=O)C2CC23CCNCC3)C1. The molecule has 5 heteroatoms. The summed E-state index contributed by atoms with van der Waals surface area (Å²) in [5.41, 5.74) is 0.333. The number of amides is 1. The number of nitrogens with one attached hydrogen (secondary N) is 2. The van der Waals surface area contributed by atoms with Gasteiger partial charge in [0.05, 0.1) is 12.7 Å². The molecule has 2 N–H and O–H groups in total. The standard InChI is InChI=1S/C14H25N3O2/c1-17-6-7-19-11(10-17)9-16-13(18)12-8-14(12)2-4-15-5-3-14/h11-12,15H,2-10H2,1H3,(H,16,18). The lowest BCUT2D eigenvalue weighted by Crippen LogP contribution is -2.46. The van der Waals surface area contributed by atoms with Crippen molar-refractivity contribution in [3.63, 3.8) is 0 Å². The van der Waals surface area contributed by atoms with Crippen LogP contribution < -0.4 is 10.6 Å². The lowest BCUT2D eigenvalue weighted by Gasteiger charge is -2.30. The summed E-state index contributed by atoms with van der Waals surface area (Å²) in [5.74, 6) is 0.509. The van der Waals surface area contributed by atoms with Crippen molar-refractivity contribution in [2.75, 3.05) is 46.4 Å². The average molecular weight is 267 g/mol. The van der Waals surface area contributed by atoms with Crippen LogP contribution in [0.4, 0.5) is 0 Å². The van der Waals surface area contributed by atoms with Crippen molar-refractivity contribution in [2.24, 2.45) is 11.3 Å². The van der Waals surface area contributed by atoms with Gasteiger partial charge in [0.2, 0.25) is 5.91 Å². The number of nitrogens with zero attached hydrogens (tertiary/aromatic N) is 1. The summed E-state index contributed by atoms with van der Waals surface area (Å²) in [7, 11) is 2.10. The first kappa shape index (κ1) is 13.3. The van der Waals surface area contributed by atoms with Crippen molar-refractivity contribution in [3.8, 4) is 0 Å². The molecule has 19 heavy (non-hydrogen) atoms. The van der Waals surface area contributed by atoms with Gasteiger partial charge in [-0.15, -0.1) is 0 Å². The minimum Gasteiger partial charge on any atom is -0.374 e. The Morgan fingerprint density at radius 1 is 1.47 bits per heavy atom. The third-order valence-electron chi connectivity index (χ3n) is 4.95. The zero-order valence-corrected chi connectivity index (χ0v) is 11.8. The van der Waals surface area contributed by atoms with Crippen molar-refractivity contribution in [1.29, 1.82) is 0 Å². The van der Waals surface area contributed by atoms with Gasteiger partial charge >= 0.3 is 0 Å². The molecule has 2 atom stereocenters. The third-order valence-corrected chi connectivity index (χ3v) is 4.95. The highest BCUT2D eigenvalue weighted by Gasteiger charge is 2.57. The van der Waals surface area contributed by atoms with Gasteiger partial charge in [-0.25, -0.2) is 0 Å². The molecule has 0 aromatic heterocycles. The van der Waals surface area contributed by atoms with Crippen LogP contribution in [-0.4, -0.2) is 63.3 Å². The highest BCUT2D eigenvalue weighted by atomic mass is 16.5. The number of ether oxygens (including phenoxy) is 1. The predicted octanol–water partition coefficient (Wildman–Crippen LogP) is -0.177. The van der Waals surface area contributed by atoms with Crippen LogP contribution in [0.15, 0.2) is 0 Å². The van der Waals surface area contributed by atoms with Gasteiger partial charge in [-0.3, -0.25) is 4.79 Å². The largest absolute Gasteiger partial charge is 0.374 e. The Labute approximate surface area is 115 Å². The number of likely N-dealkylation sites (N-methyl/N-ethyl adjacent to an activating group) is 1. The number of hydrogen-bond donors (Lipinski definition) is 2. The van der Waals surface area contributed by atoms with Crippen LogP contribution in [-0.2, 0) is 9.53 Å². The first-order valence-corrected chi connectivity index (χ1v) is 7.48. The molecule has 0 bridgehead atoms. The van der Waals surface area contributed by atoms with Gasteiger partial charge in [0, 0.05) is 25.6 Å². The Balaban J connectivity index is 1.42. The fourth-order valence-electron chi connectivity index (χ4n) is 3.52. The lowest BCUT2D eigenvalue weighted by atomic mass is 9.92. The van der Waals surface area contributed by atoms with E-state index in [9.17, 15) is 4.79 Å². The third kappa shape index (κ3) is 2.93. The van der Waals surface area contributed by atoms with Gasteiger partial charge in [-0.2, -0.15) is 0 Å². The van der Waals surface area contributed by atoms with Crippen molar-refractivity contribution >= 4 is 5.91 Å². The number of piperidine rings is 1. The molecule has 5 nitrogen and oxygen atoms in total. The molecule has 3 aliphatic rings. The van der Waals surface area contributed by atoms with E-state index in [1.54, 1.807) is 0 Å². The predicted molar refractivity (Wildman–Crippen MR) is 72.9 cm³/mol. The summed E-state index contributed by atoms with van der Waals surface area (Å²) in [6.45, 7) is 5.48. The summed E-state index contributed by atoms with van der Waals surface area (Å²) in [5, 5.41) is 6.47. The van der Waals surface area contributed by atoms with E-state index in [1.807, 2.05) is 0 Å². The van der Waals surface area contributed by atoms with Crippen molar-refractivity contribution in [3.05, 3.63) is 0 Å². The summed E-state index contributed by atoms with van der Waals surface area (Å²) in [6.07, 6.45) is 3.57. The Morgan fingerprint density at radius 3 is 3.00 bits per heavy atom.